The van der Waals surface area contributed by atoms with E-state index in [1.165, 1.54) is 11.3 Å². The van der Waals surface area contributed by atoms with E-state index in [1.807, 2.05) is 0 Å². The van der Waals surface area contributed by atoms with Crippen molar-refractivity contribution in [2.75, 3.05) is 5.73 Å². The van der Waals surface area contributed by atoms with Crippen LogP contribution in [-0.2, 0) is 6.54 Å². The Bertz CT molecular complexity index is 713. The highest BCUT2D eigenvalue weighted by Crippen LogP contribution is 2.12. The van der Waals surface area contributed by atoms with Crippen LogP contribution in [0.5, 0.6) is 0 Å². The molecule has 0 saturated carbocycles. The van der Waals surface area contributed by atoms with Crippen molar-refractivity contribution in [3.8, 4) is 0 Å². The maximum Gasteiger partial charge on any atom is 0.280 e. The Morgan fingerprint density at radius 2 is 2.41 bits per heavy atom. The van der Waals surface area contributed by atoms with E-state index in [4.69, 9.17) is 5.73 Å². The molecule has 3 N–H and O–H groups in total. The molecule has 17 heavy (non-hydrogen) atoms. The van der Waals surface area contributed by atoms with Gasteiger partial charge < -0.3 is 10.3 Å². The smallest absolute Gasteiger partial charge is 0.280 e. The lowest BCUT2D eigenvalue weighted by Crippen LogP contribution is -2.12. The highest BCUT2D eigenvalue weighted by molar-refractivity contribution is 7.09. The van der Waals surface area contributed by atoms with Crippen LogP contribution in [-0.4, -0.2) is 24.5 Å². The van der Waals surface area contributed by atoms with Gasteiger partial charge in [-0.2, -0.15) is 4.98 Å². The van der Waals surface area contributed by atoms with Crippen LogP contribution in [0.2, 0.25) is 0 Å². The van der Waals surface area contributed by atoms with Crippen LogP contribution in [0.1, 0.15) is 4.88 Å². The lowest BCUT2D eigenvalue weighted by molar-refractivity contribution is 0.824. The highest BCUT2D eigenvalue weighted by Gasteiger charge is 2.09. The fourth-order valence-electron chi connectivity index (χ4n) is 1.57. The van der Waals surface area contributed by atoms with Crippen molar-refractivity contribution in [1.29, 1.82) is 0 Å². The first-order valence-electron chi connectivity index (χ1n) is 4.82. The van der Waals surface area contributed by atoms with Crippen molar-refractivity contribution in [3.05, 3.63) is 33.3 Å². The summed E-state index contributed by atoms with van der Waals surface area (Å²) in [7, 11) is 0. The Morgan fingerprint density at radius 3 is 3.18 bits per heavy atom. The summed E-state index contributed by atoms with van der Waals surface area (Å²) in [5, 5.41) is 0. The predicted molar refractivity (Wildman–Crippen MR) is 63.8 cm³/mol. The minimum atomic E-state index is -0.324. The molecule has 0 aliphatic heterocycles. The zero-order chi connectivity index (χ0) is 11.8. The van der Waals surface area contributed by atoms with Gasteiger partial charge in [0.1, 0.15) is 0 Å². The molecule has 0 unspecified atom stereocenters. The molecule has 3 heterocycles. The molecule has 0 saturated heterocycles. The molecular weight excluding hydrogens is 240 g/mol. The van der Waals surface area contributed by atoms with Crippen molar-refractivity contribution in [2.45, 2.75) is 6.54 Å². The predicted octanol–water partition coefficient (Wildman–Crippen LogP) is 0.207. The van der Waals surface area contributed by atoms with Gasteiger partial charge in [0.15, 0.2) is 11.2 Å². The highest BCUT2D eigenvalue weighted by atomic mass is 32.1. The number of fused-ring (bicyclic) bond motifs is 1. The lowest BCUT2D eigenvalue weighted by atomic mass is 10.5. The summed E-state index contributed by atoms with van der Waals surface area (Å²) in [5.74, 6) is 0.0913. The van der Waals surface area contributed by atoms with Crippen molar-refractivity contribution >= 4 is 28.4 Å². The SMILES string of the molecule is Nc1nc2c(ncn2Cc2cncs2)c(=O)[nH]1. The third-order valence-corrected chi connectivity index (χ3v) is 3.07. The number of nitrogens with zero attached hydrogens (tertiary/aromatic N) is 4. The van der Waals surface area contributed by atoms with Crippen LogP contribution >= 0.6 is 11.3 Å². The number of nitrogens with two attached hydrogens (primary N) is 1. The van der Waals surface area contributed by atoms with Gasteiger partial charge in [-0.1, -0.05) is 0 Å². The van der Waals surface area contributed by atoms with Crippen LogP contribution < -0.4 is 11.3 Å². The number of aromatic nitrogens is 5. The Hall–Kier alpha value is -2.22. The summed E-state index contributed by atoms with van der Waals surface area (Å²) in [4.78, 5) is 27.1. The number of imidazole rings is 1. The summed E-state index contributed by atoms with van der Waals surface area (Å²) in [6.45, 7) is 0.580. The average molecular weight is 248 g/mol. The first-order valence-corrected chi connectivity index (χ1v) is 5.70. The molecule has 0 spiro atoms. The minimum Gasteiger partial charge on any atom is -0.369 e. The Labute approximate surface area is 99.0 Å². The van der Waals surface area contributed by atoms with E-state index in [1.54, 1.807) is 22.6 Å². The van der Waals surface area contributed by atoms with E-state index in [0.717, 1.165) is 4.88 Å². The fraction of sp³-hybridized carbons (Fsp3) is 0.111. The molecule has 0 aliphatic rings. The zero-order valence-electron chi connectivity index (χ0n) is 8.62. The van der Waals surface area contributed by atoms with Gasteiger partial charge in [-0.25, -0.2) is 4.98 Å². The Kier molecular flexibility index (Phi) is 2.15. The molecule has 0 aromatic carbocycles. The van der Waals surface area contributed by atoms with Crippen molar-refractivity contribution in [1.82, 2.24) is 24.5 Å². The third kappa shape index (κ3) is 1.68. The first kappa shape index (κ1) is 9.97. The second-order valence-electron chi connectivity index (χ2n) is 3.46. The van der Waals surface area contributed by atoms with Gasteiger partial charge in [0.25, 0.3) is 5.56 Å². The van der Waals surface area contributed by atoms with Crippen molar-refractivity contribution < 1.29 is 0 Å². The molecule has 0 amide bonds. The monoisotopic (exact) mass is 248 g/mol. The molecule has 3 aromatic rings. The van der Waals surface area contributed by atoms with E-state index in [-0.39, 0.29) is 11.5 Å². The molecule has 0 radical (unpaired) electrons. The van der Waals surface area contributed by atoms with Crippen LogP contribution in [0.3, 0.4) is 0 Å². The second-order valence-corrected chi connectivity index (χ2v) is 4.43. The Morgan fingerprint density at radius 1 is 1.53 bits per heavy atom. The third-order valence-electron chi connectivity index (χ3n) is 2.30. The standard InChI is InChI=1S/C9H8N6OS/c10-9-13-7-6(8(16)14-9)12-3-15(7)2-5-1-11-4-17-5/h1,3-4H,2H2,(H3,10,13,14,16). The molecule has 86 valence electrons. The Balaban J connectivity index is 2.15. The second kappa shape index (κ2) is 3.67. The summed E-state index contributed by atoms with van der Waals surface area (Å²) in [5.41, 5.74) is 7.72. The molecule has 3 aromatic heterocycles. The van der Waals surface area contributed by atoms with Gasteiger partial charge in [0.2, 0.25) is 5.95 Å². The van der Waals surface area contributed by atoms with Crippen LogP contribution in [0.15, 0.2) is 22.8 Å². The zero-order valence-corrected chi connectivity index (χ0v) is 9.44. The van der Waals surface area contributed by atoms with E-state index in [2.05, 4.69) is 19.9 Å². The summed E-state index contributed by atoms with van der Waals surface area (Å²) in [6, 6.07) is 0. The molecule has 0 bridgehead atoms. The van der Waals surface area contributed by atoms with E-state index in [0.29, 0.717) is 17.7 Å². The maximum atomic E-state index is 11.6. The fourth-order valence-corrected chi connectivity index (χ4v) is 2.17. The van der Waals surface area contributed by atoms with Gasteiger partial charge in [-0.05, 0) is 0 Å². The quantitative estimate of drug-likeness (QED) is 0.674. The van der Waals surface area contributed by atoms with Crippen molar-refractivity contribution in [3.63, 3.8) is 0 Å². The number of nitrogen functional groups attached to an aromatic ring is 1. The number of hydrogen-bond donors (Lipinski definition) is 2. The molecule has 0 fully saturated rings. The average Bonchev–Trinajstić information content (AvgIpc) is 2.89. The first-order chi connectivity index (χ1) is 8.24. The van der Waals surface area contributed by atoms with E-state index < -0.39 is 0 Å². The van der Waals surface area contributed by atoms with E-state index in [9.17, 15) is 4.79 Å². The van der Waals surface area contributed by atoms with Gasteiger partial charge in [-0.3, -0.25) is 14.8 Å². The van der Waals surface area contributed by atoms with Crippen LogP contribution in [0.4, 0.5) is 5.95 Å². The summed E-state index contributed by atoms with van der Waals surface area (Å²) in [6.07, 6.45) is 3.35. The van der Waals surface area contributed by atoms with Crippen LogP contribution in [0.25, 0.3) is 11.2 Å². The summed E-state index contributed by atoms with van der Waals surface area (Å²) >= 11 is 1.53. The van der Waals surface area contributed by atoms with Gasteiger partial charge >= 0.3 is 0 Å². The number of aromatic amines is 1. The normalized spacial score (nSPS) is 11.1. The van der Waals surface area contributed by atoms with Gasteiger partial charge in [0.05, 0.1) is 18.4 Å². The molecule has 8 heteroatoms. The topological polar surface area (TPSA) is 102 Å². The van der Waals surface area contributed by atoms with Crippen LogP contribution in [0, 0.1) is 0 Å². The molecule has 3 rings (SSSR count). The minimum absolute atomic E-state index is 0.0913. The molecule has 7 nitrogen and oxygen atoms in total. The largest absolute Gasteiger partial charge is 0.369 e. The van der Waals surface area contributed by atoms with E-state index >= 15 is 0 Å². The van der Waals surface area contributed by atoms with Gasteiger partial charge in [0, 0.05) is 11.1 Å². The maximum absolute atomic E-state index is 11.6. The van der Waals surface area contributed by atoms with Crippen molar-refractivity contribution in [2.24, 2.45) is 0 Å². The number of hydrogen-bond acceptors (Lipinski definition) is 6. The molecule has 0 aliphatic carbocycles. The van der Waals surface area contributed by atoms with Gasteiger partial charge in [-0.15, -0.1) is 11.3 Å². The number of anilines is 1. The number of thiazole rings is 1. The lowest BCUT2D eigenvalue weighted by Gasteiger charge is -2.00. The number of nitrogens with one attached hydrogen (secondary N) is 1. The molecule has 0 atom stereocenters. The number of H-pyrrole nitrogens is 1. The molecular formula is C9H8N6OS. The summed E-state index contributed by atoms with van der Waals surface area (Å²) < 4.78 is 1.77. The number of rotatable bonds is 2.